The summed E-state index contributed by atoms with van der Waals surface area (Å²) in [4.78, 5) is 12.2. The molecule has 0 bridgehead atoms. The van der Waals surface area contributed by atoms with Crippen molar-refractivity contribution in [3.05, 3.63) is 71.8 Å². The topological polar surface area (TPSA) is 49.8 Å². The first-order valence-corrected chi connectivity index (χ1v) is 7.82. The number of rotatable bonds is 4. The molecule has 4 heteroatoms. The molecule has 0 radical (unpaired) electrons. The first kappa shape index (κ1) is 17.6. The normalized spacial score (nSPS) is 11.3. The van der Waals surface area contributed by atoms with Gasteiger partial charge in [0.05, 0.1) is 0 Å². The molecule has 0 aliphatic heterocycles. The van der Waals surface area contributed by atoms with Crippen molar-refractivity contribution in [2.75, 3.05) is 0 Å². The van der Waals surface area contributed by atoms with Crippen LogP contribution in [-0.4, -0.2) is 16.4 Å². The smallest absolute Gasteiger partial charge is 0.435 e. The fraction of sp³-hybridized carbons (Fsp3) is 0.250. The zero-order valence-corrected chi connectivity index (χ0v) is 13.8. The van der Waals surface area contributed by atoms with Crippen LogP contribution >= 0.6 is 0 Å². The lowest BCUT2D eigenvalue weighted by Gasteiger charge is -2.21. The monoisotopic (exact) mass is 323 g/mol. The largest absolute Gasteiger partial charge is 0.443 e. The summed E-state index contributed by atoms with van der Waals surface area (Å²) in [6, 6.07) is 17.7. The minimum absolute atomic E-state index is 0.0931. The Balaban J connectivity index is 2.10. The minimum atomic E-state index is -0.828. The summed E-state index contributed by atoms with van der Waals surface area (Å²) in [6.45, 7) is 3.99. The molecule has 0 heterocycles. The first-order chi connectivity index (χ1) is 11.6. The number of carbonyl (C=O) groups excluding carboxylic acids is 1. The van der Waals surface area contributed by atoms with Crippen LogP contribution in [0.5, 0.6) is 0 Å². The SMILES string of the molecule is CC(C)C#CC(c1ccccc1)N(O)C(=O)OCc1ccccc1. The number of hydrogen-bond acceptors (Lipinski definition) is 3. The highest BCUT2D eigenvalue weighted by molar-refractivity contribution is 5.67. The van der Waals surface area contributed by atoms with Crippen LogP contribution in [0.2, 0.25) is 0 Å². The van der Waals surface area contributed by atoms with E-state index in [0.29, 0.717) is 5.06 Å². The van der Waals surface area contributed by atoms with Crippen molar-refractivity contribution in [3.63, 3.8) is 0 Å². The molecule has 24 heavy (non-hydrogen) atoms. The highest BCUT2D eigenvalue weighted by Crippen LogP contribution is 2.19. The van der Waals surface area contributed by atoms with E-state index in [1.54, 1.807) is 0 Å². The van der Waals surface area contributed by atoms with Gasteiger partial charge in [-0.2, -0.15) is 5.06 Å². The fourth-order valence-corrected chi connectivity index (χ4v) is 2.06. The number of hydroxylamine groups is 2. The van der Waals surface area contributed by atoms with Gasteiger partial charge in [0.25, 0.3) is 0 Å². The zero-order valence-electron chi connectivity index (χ0n) is 13.8. The Morgan fingerprint density at radius 1 is 1.04 bits per heavy atom. The summed E-state index contributed by atoms with van der Waals surface area (Å²) in [5.41, 5.74) is 1.58. The van der Waals surface area contributed by atoms with Crippen LogP contribution in [-0.2, 0) is 11.3 Å². The van der Waals surface area contributed by atoms with Crippen molar-refractivity contribution < 1.29 is 14.7 Å². The molecule has 0 aliphatic rings. The third-order valence-electron chi connectivity index (χ3n) is 3.26. The Hall–Kier alpha value is -2.77. The summed E-state index contributed by atoms with van der Waals surface area (Å²) >= 11 is 0. The fourth-order valence-electron chi connectivity index (χ4n) is 2.06. The number of carbonyl (C=O) groups is 1. The summed E-state index contributed by atoms with van der Waals surface area (Å²) < 4.78 is 5.17. The van der Waals surface area contributed by atoms with Crippen LogP contribution in [0.25, 0.3) is 0 Å². The maximum Gasteiger partial charge on any atom is 0.435 e. The molecule has 1 unspecified atom stereocenters. The molecule has 0 aromatic heterocycles. The second-order valence-corrected chi connectivity index (χ2v) is 5.64. The van der Waals surface area contributed by atoms with Gasteiger partial charge in [-0.3, -0.25) is 5.21 Å². The minimum Gasteiger partial charge on any atom is -0.443 e. The van der Waals surface area contributed by atoms with Crippen molar-refractivity contribution in [2.24, 2.45) is 5.92 Å². The average Bonchev–Trinajstić information content (AvgIpc) is 2.61. The van der Waals surface area contributed by atoms with Crippen molar-refractivity contribution in [1.29, 1.82) is 0 Å². The van der Waals surface area contributed by atoms with E-state index < -0.39 is 12.1 Å². The lowest BCUT2D eigenvalue weighted by atomic mass is 10.1. The maximum absolute atomic E-state index is 12.2. The van der Waals surface area contributed by atoms with Crippen molar-refractivity contribution in [2.45, 2.75) is 26.5 Å². The van der Waals surface area contributed by atoms with E-state index in [4.69, 9.17) is 4.74 Å². The molecule has 2 aromatic carbocycles. The Bertz CT molecular complexity index is 702. The summed E-state index contributed by atoms with van der Waals surface area (Å²) in [6.07, 6.45) is -0.828. The standard InChI is InChI=1S/C20H21NO3/c1-16(2)13-14-19(18-11-7-4-8-12-18)21(23)20(22)24-15-17-9-5-3-6-10-17/h3-12,16,19,23H,15H2,1-2H3. The second-order valence-electron chi connectivity index (χ2n) is 5.64. The summed E-state index contributed by atoms with van der Waals surface area (Å²) in [5.74, 6) is 6.06. The highest BCUT2D eigenvalue weighted by Gasteiger charge is 2.23. The van der Waals surface area contributed by atoms with Gasteiger partial charge in [-0.1, -0.05) is 86.4 Å². The number of nitrogens with zero attached hydrogens (tertiary/aromatic N) is 1. The molecule has 0 saturated carbocycles. The Morgan fingerprint density at radius 3 is 2.21 bits per heavy atom. The average molecular weight is 323 g/mol. The third-order valence-corrected chi connectivity index (χ3v) is 3.26. The van der Waals surface area contributed by atoms with Crippen LogP contribution in [0.1, 0.15) is 31.0 Å². The number of hydrogen-bond donors (Lipinski definition) is 1. The molecule has 124 valence electrons. The van der Waals surface area contributed by atoms with Crippen LogP contribution in [0.3, 0.4) is 0 Å². The van der Waals surface area contributed by atoms with Gasteiger partial charge in [0.2, 0.25) is 0 Å². The van der Waals surface area contributed by atoms with Gasteiger partial charge in [-0.05, 0) is 11.1 Å². The Labute approximate surface area is 142 Å². The van der Waals surface area contributed by atoms with Crippen LogP contribution in [0.4, 0.5) is 4.79 Å². The van der Waals surface area contributed by atoms with Crippen LogP contribution in [0.15, 0.2) is 60.7 Å². The van der Waals surface area contributed by atoms with E-state index in [0.717, 1.165) is 11.1 Å². The number of ether oxygens (including phenoxy) is 1. The lowest BCUT2D eigenvalue weighted by molar-refractivity contribution is -0.0935. The number of benzene rings is 2. The van der Waals surface area contributed by atoms with Crippen molar-refractivity contribution in [1.82, 2.24) is 5.06 Å². The van der Waals surface area contributed by atoms with Gasteiger partial charge in [-0.15, -0.1) is 0 Å². The van der Waals surface area contributed by atoms with E-state index in [1.165, 1.54) is 0 Å². The van der Waals surface area contributed by atoms with Gasteiger partial charge in [0.1, 0.15) is 12.6 Å². The third kappa shape index (κ3) is 5.15. The van der Waals surface area contributed by atoms with E-state index >= 15 is 0 Å². The number of amides is 1. The predicted octanol–water partition coefficient (Wildman–Crippen LogP) is 4.42. The van der Waals surface area contributed by atoms with Crippen molar-refractivity contribution in [3.8, 4) is 11.8 Å². The van der Waals surface area contributed by atoms with E-state index in [9.17, 15) is 10.0 Å². The van der Waals surface area contributed by atoms with E-state index in [2.05, 4.69) is 11.8 Å². The van der Waals surface area contributed by atoms with Gasteiger partial charge in [0.15, 0.2) is 0 Å². The molecule has 2 rings (SSSR count). The van der Waals surface area contributed by atoms with Gasteiger partial charge in [0, 0.05) is 5.92 Å². The molecule has 1 atom stereocenters. The van der Waals surface area contributed by atoms with Crippen molar-refractivity contribution >= 4 is 6.09 Å². The summed E-state index contributed by atoms with van der Waals surface area (Å²) in [7, 11) is 0. The molecule has 1 N–H and O–H groups in total. The molecule has 0 fully saturated rings. The molecule has 4 nitrogen and oxygen atoms in total. The predicted molar refractivity (Wildman–Crippen MR) is 92.0 cm³/mol. The maximum atomic E-state index is 12.2. The molecule has 1 amide bonds. The molecule has 2 aromatic rings. The quantitative estimate of drug-likeness (QED) is 0.515. The van der Waals surface area contributed by atoms with Crippen LogP contribution in [0, 0.1) is 17.8 Å². The van der Waals surface area contributed by atoms with Gasteiger partial charge in [-0.25, -0.2) is 4.79 Å². The molecular formula is C20H21NO3. The zero-order chi connectivity index (χ0) is 17.4. The Morgan fingerprint density at radius 2 is 1.62 bits per heavy atom. The lowest BCUT2D eigenvalue weighted by Crippen LogP contribution is -2.31. The molecular weight excluding hydrogens is 302 g/mol. The molecule has 0 saturated heterocycles. The molecule has 0 aliphatic carbocycles. The highest BCUT2D eigenvalue weighted by atomic mass is 16.6. The van der Waals surface area contributed by atoms with E-state index in [1.807, 2.05) is 74.5 Å². The van der Waals surface area contributed by atoms with E-state index in [-0.39, 0.29) is 12.5 Å². The summed E-state index contributed by atoms with van der Waals surface area (Å²) in [5, 5.41) is 10.8. The van der Waals surface area contributed by atoms with Crippen LogP contribution < -0.4 is 0 Å². The first-order valence-electron chi connectivity index (χ1n) is 7.82. The Kier molecular flexibility index (Phi) is 6.41. The van der Waals surface area contributed by atoms with Gasteiger partial charge >= 0.3 is 6.09 Å². The second kappa shape index (κ2) is 8.76. The van der Waals surface area contributed by atoms with Gasteiger partial charge < -0.3 is 4.74 Å². The molecule has 0 spiro atoms.